The number of thiophene rings is 1. The first kappa shape index (κ1) is 16.0. The number of aryl methyl sites for hydroxylation is 1. The molecule has 0 aromatic carbocycles. The topological polar surface area (TPSA) is 57.6 Å². The van der Waals surface area contributed by atoms with Gasteiger partial charge in [-0.3, -0.25) is 0 Å². The van der Waals surface area contributed by atoms with Crippen molar-refractivity contribution in [2.24, 2.45) is 0 Å². The average molecular weight is 364 g/mol. The molecule has 0 saturated heterocycles. The molecule has 1 heterocycles. The van der Waals surface area contributed by atoms with Crippen LogP contribution in [0.25, 0.3) is 0 Å². The predicted octanol–water partition coefficient (Wildman–Crippen LogP) is 2.07. The fourth-order valence-electron chi connectivity index (χ4n) is 1.26. The highest BCUT2D eigenvalue weighted by molar-refractivity contribution is 9.11. The van der Waals surface area contributed by atoms with Gasteiger partial charge in [-0.2, -0.15) is 4.31 Å². The molecule has 0 saturated carbocycles. The van der Waals surface area contributed by atoms with Gasteiger partial charge in [-0.25, -0.2) is 17.2 Å². The Morgan fingerprint density at radius 2 is 2.17 bits per heavy atom. The monoisotopic (exact) mass is 363 g/mol. The Labute approximate surface area is 116 Å². The maximum atomic E-state index is 12.3. The van der Waals surface area contributed by atoms with Gasteiger partial charge in [-0.1, -0.05) is 0 Å². The van der Waals surface area contributed by atoms with E-state index in [1.165, 1.54) is 6.07 Å². The van der Waals surface area contributed by atoms with E-state index >= 15 is 0 Å². The number of nitrogens with zero attached hydrogens (tertiary/aromatic N) is 1. The number of hydrogen-bond donors (Lipinski definition) is 1. The predicted molar refractivity (Wildman–Crippen MR) is 68.6 cm³/mol. The van der Waals surface area contributed by atoms with Crippen molar-refractivity contribution >= 4 is 37.3 Å². The van der Waals surface area contributed by atoms with Crippen LogP contribution >= 0.6 is 27.3 Å². The summed E-state index contributed by atoms with van der Waals surface area (Å²) >= 11 is 4.15. The Balaban J connectivity index is 3.08. The molecule has 104 valence electrons. The maximum absolute atomic E-state index is 12.3. The van der Waals surface area contributed by atoms with Crippen molar-refractivity contribution in [3.63, 3.8) is 0 Å². The lowest BCUT2D eigenvalue weighted by molar-refractivity contribution is 0.113. The van der Waals surface area contributed by atoms with Crippen molar-refractivity contribution in [3.05, 3.63) is 15.4 Å². The summed E-state index contributed by atoms with van der Waals surface area (Å²) in [6.07, 6.45) is -2.78. The standard InChI is InChI=1S/C9H12BrF2NO3S2/c1-6-4-8(17-9(6)10)18(15,16)13(2-3-14)5-7(11)12/h4,7,14H,2-3,5H2,1H3. The van der Waals surface area contributed by atoms with Crippen molar-refractivity contribution in [1.82, 2.24) is 4.31 Å². The van der Waals surface area contributed by atoms with Gasteiger partial charge in [0.2, 0.25) is 0 Å². The molecule has 0 amide bonds. The van der Waals surface area contributed by atoms with Crippen LogP contribution in [0, 0.1) is 6.92 Å². The first-order chi connectivity index (χ1) is 8.28. The highest BCUT2D eigenvalue weighted by Crippen LogP contribution is 2.32. The number of sulfonamides is 1. The van der Waals surface area contributed by atoms with E-state index < -0.39 is 29.6 Å². The van der Waals surface area contributed by atoms with E-state index in [9.17, 15) is 17.2 Å². The molecule has 1 aromatic rings. The minimum absolute atomic E-state index is 0.0130. The van der Waals surface area contributed by atoms with Gasteiger partial charge in [-0.15, -0.1) is 11.3 Å². The van der Waals surface area contributed by atoms with Crippen LogP contribution in [0.15, 0.2) is 14.1 Å². The maximum Gasteiger partial charge on any atom is 0.252 e. The van der Waals surface area contributed by atoms with E-state index in [1.54, 1.807) is 6.92 Å². The molecular formula is C9H12BrF2NO3S2. The number of hydrogen-bond acceptors (Lipinski definition) is 4. The second kappa shape index (κ2) is 6.38. The van der Waals surface area contributed by atoms with E-state index in [2.05, 4.69) is 15.9 Å². The quantitative estimate of drug-likeness (QED) is 0.841. The molecule has 0 aliphatic rings. The molecule has 0 radical (unpaired) electrons. The molecule has 1 aromatic heterocycles. The van der Waals surface area contributed by atoms with Crippen LogP contribution < -0.4 is 0 Å². The molecule has 0 aliphatic heterocycles. The van der Waals surface area contributed by atoms with E-state index in [0.29, 0.717) is 8.09 Å². The van der Waals surface area contributed by atoms with Crippen molar-refractivity contribution in [2.75, 3.05) is 19.7 Å². The van der Waals surface area contributed by atoms with Gasteiger partial charge in [0.05, 0.1) is 16.9 Å². The van der Waals surface area contributed by atoms with Gasteiger partial charge in [-0.05, 0) is 34.5 Å². The van der Waals surface area contributed by atoms with Crippen molar-refractivity contribution < 1.29 is 22.3 Å². The van der Waals surface area contributed by atoms with Crippen LogP contribution in [0.4, 0.5) is 8.78 Å². The summed E-state index contributed by atoms with van der Waals surface area (Å²) in [6.45, 7) is -0.0563. The molecular weight excluding hydrogens is 352 g/mol. The normalized spacial score (nSPS) is 12.6. The minimum Gasteiger partial charge on any atom is -0.395 e. The van der Waals surface area contributed by atoms with Gasteiger partial charge in [0, 0.05) is 6.54 Å². The molecule has 1 rings (SSSR count). The third kappa shape index (κ3) is 3.70. The molecule has 0 atom stereocenters. The number of aliphatic hydroxyl groups is 1. The second-order valence-electron chi connectivity index (χ2n) is 3.50. The molecule has 4 nitrogen and oxygen atoms in total. The van der Waals surface area contributed by atoms with Crippen LogP contribution in [-0.2, 0) is 10.0 Å². The summed E-state index contributed by atoms with van der Waals surface area (Å²) < 4.78 is 50.1. The van der Waals surface area contributed by atoms with Gasteiger partial charge >= 0.3 is 0 Å². The number of rotatable bonds is 6. The number of alkyl halides is 2. The zero-order valence-electron chi connectivity index (χ0n) is 9.44. The lowest BCUT2D eigenvalue weighted by atomic mass is 10.4. The van der Waals surface area contributed by atoms with Crippen molar-refractivity contribution in [3.8, 4) is 0 Å². The summed E-state index contributed by atoms with van der Waals surface area (Å²) in [5, 5.41) is 8.76. The number of aliphatic hydroxyl groups excluding tert-OH is 1. The van der Waals surface area contributed by atoms with Crippen LogP contribution in [0.2, 0.25) is 0 Å². The van der Waals surface area contributed by atoms with Gasteiger partial charge in [0.15, 0.2) is 0 Å². The zero-order chi connectivity index (χ0) is 13.9. The summed E-state index contributed by atoms with van der Waals surface area (Å²) in [5.74, 6) is 0. The van der Waals surface area contributed by atoms with E-state index in [4.69, 9.17) is 5.11 Å². The minimum atomic E-state index is -3.98. The third-order valence-electron chi connectivity index (χ3n) is 2.12. The molecule has 0 fully saturated rings. The first-order valence-corrected chi connectivity index (χ1v) is 7.99. The molecule has 0 bridgehead atoms. The fourth-order valence-corrected chi connectivity index (χ4v) is 5.05. The zero-order valence-corrected chi connectivity index (χ0v) is 12.7. The summed E-state index contributed by atoms with van der Waals surface area (Å²) in [4.78, 5) is 0. The Morgan fingerprint density at radius 3 is 2.56 bits per heavy atom. The molecule has 0 unspecified atom stereocenters. The van der Waals surface area contributed by atoms with Crippen molar-refractivity contribution in [1.29, 1.82) is 0 Å². The SMILES string of the molecule is Cc1cc(S(=O)(=O)N(CCO)CC(F)F)sc1Br. The molecule has 9 heteroatoms. The second-order valence-corrected chi connectivity index (χ2v) is 8.03. The highest BCUT2D eigenvalue weighted by atomic mass is 79.9. The molecule has 0 spiro atoms. The van der Waals surface area contributed by atoms with Crippen molar-refractivity contribution in [2.45, 2.75) is 17.6 Å². The highest BCUT2D eigenvalue weighted by Gasteiger charge is 2.28. The Kier molecular flexibility index (Phi) is 5.66. The Hall–Kier alpha value is -0.0900. The van der Waals surface area contributed by atoms with E-state index in [1.807, 2.05) is 0 Å². The van der Waals surface area contributed by atoms with E-state index in [-0.39, 0.29) is 10.8 Å². The van der Waals surface area contributed by atoms with Crippen LogP contribution in [0.3, 0.4) is 0 Å². The summed E-state index contributed by atoms with van der Waals surface area (Å²) in [5.41, 5.74) is 0.722. The van der Waals surface area contributed by atoms with Gasteiger partial charge in [0.1, 0.15) is 4.21 Å². The Morgan fingerprint density at radius 1 is 1.56 bits per heavy atom. The lowest BCUT2D eigenvalue weighted by Gasteiger charge is -2.19. The van der Waals surface area contributed by atoms with E-state index in [0.717, 1.165) is 16.9 Å². The lowest BCUT2D eigenvalue weighted by Crippen LogP contribution is -2.36. The number of halogens is 3. The molecule has 18 heavy (non-hydrogen) atoms. The fraction of sp³-hybridized carbons (Fsp3) is 0.556. The van der Waals surface area contributed by atoms with Gasteiger partial charge in [0.25, 0.3) is 16.4 Å². The first-order valence-electron chi connectivity index (χ1n) is 4.94. The third-order valence-corrected chi connectivity index (χ3v) is 6.57. The average Bonchev–Trinajstić information content (AvgIpc) is 2.59. The van der Waals surface area contributed by atoms with Crippen LogP contribution in [-0.4, -0.2) is 44.0 Å². The largest absolute Gasteiger partial charge is 0.395 e. The summed E-state index contributed by atoms with van der Waals surface area (Å²) in [6, 6.07) is 1.42. The van der Waals surface area contributed by atoms with Crippen LogP contribution in [0.5, 0.6) is 0 Å². The Bertz CT molecular complexity index is 484. The van der Waals surface area contributed by atoms with Crippen LogP contribution in [0.1, 0.15) is 5.56 Å². The van der Waals surface area contributed by atoms with Gasteiger partial charge < -0.3 is 5.11 Å². The smallest absolute Gasteiger partial charge is 0.252 e. The molecule has 0 aliphatic carbocycles. The molecule has 1 N–H and O–H groups in total. The summed E-state index contributed by atoms with van der Waals surface area (Å²) in [7, 11) is -3.98.